The second-order valence-corrected chi connectivity index (χ2v) is 41.5. The third-order valence-electron chi connectivity index (χ3n) is 22.5. The molecule has 0 radical (unpaired) electrons. The fourth-order valence-electron chi connectivity index (χ4n) is 15.6. The van der Waals surface area contributed by atoms with Crippen LogP contribution in [0.1, 0.15) is 134 Å². The first-order valence-electron chi connectivity index (χ1n) is 38.3. The summed E-state index contributed by atoms with van der Waals surface area (Å²) in [6, 6.07) is 38.9. The highest BCUT2D eigenvalue weighted by molar-refractivity contribution is 6.79. The summed E-state index contributed by atoms with van der Waals surface area (Å²) in [6.45, 7) is 22.7. The molecular formula is C82H105N15O10Si2. The molecule has 10 N–H and O–H groups in total. The zero-order valence-electron chi connectivity index (χ0n) is 64.8. The maximum absolute atomic E-state index is 14.1. The van der Waals surface area contributed by atoms with E-state index in [9.17, 15) is 28.8 Å². The molecule has 0 spiro atoms. The van der Waals surface area contributed by atoms with Gasteiger partial charge in [-0.25, -0.2) is 39.1 Å². The van der Waals surface area contributed by atoms with Crippen LogP contribution in [-0.2, 0) is 28.6 Å². The zero-order valence-corrected chi connectivity index (χ0v) is 66.8. The number of ether oxygens (including phenoxy) is 3. The molecular weight excluding hydrogens is 1410 g/mol. The summed E-state index contributed by atoms with van der Waals surface area (Å²) < 4.78 is 14.0. The quantitative estimate of drug-likeness (QED) is 0.0250. The van der Waals surface area contributed by atoms with Gasteiger partial charge in [0.25, 0.3) is 0 Å². The van der Waals surface area contributed by atoms with Crippen molar-refractivity contribution in [1.82, 2.24) is 76.3 Å². The van der Waals surface area contributed by atoms with Crippen molar-refractivity contribution in [2.24, 2.45) is 17.8 Å². The average molecular weight is 1520 g/mol. The van der Waals surface area contributed by atoms with E-state index in [4.69, 9.17) is 29.5 Å². The van der Waals surface area contributed by atoms with Gasteiger partial charge in [-0.05, 0) is 137 Å². The lowest BCUT2D eigenvalue weighted by molar-refractivity contribution is -0.140. The molecule has 109 heavy (non-hydrogen) atoms. The Labute approximate surface area is 638 Å². The van der Waals surface area contributed by atoms with Gasteiger partial charge in [0, 0.05) is 23.5 Å². The molecule has 4 aromatic heterocycles. The molecule has 8 heterocycles. The minimum atomic E-state index is -1.78. The summed E-state index contributed by atoms with van der Waals surface area (Å²) in [5.74, 6) is 2.13. The Balaban J connectivity index is 0.000000189. The largest absolute Gasteiger partial charge is 0.480 e. The van der Waals surface area contributed by atoms with Gasteiger partial charge in [-0.15, -0.1) is 0 Å². The smallest absolute Gasteiger partial charge is 0.407 e. The van der Waals surface area contributed by atoms with Crippen LogP contribution in [0.5, 0.6) is 0 Å². The fraction of sp³-hybridized carbons (Fsp3) is 0.439. The number of alkyl carbamates (subject to hydrolysis) is 3. The number of nitrogens with one attached hydrogen (secondary N) is 9. The molecule has 0 unspecified atom stereocenters. The van der Waals surface area contributed by atoms with Gasteiger partial charge in [-0.2, -0.15) is 0 Å². The molecule has 0 aliphatic carbocycles. The first-order chi connectivity index (χ1) is 52.3. The number of aromatic amines is 4. The van der Waals surface area contributed by atoms with E-state index in [1.54, 1.807) is 6.92 Å². The molecule has 5 amide bonds. The molecule has 4 fully saturated rings. The Bertz CT molecular complexity index is 4910. The van der Waals surface area contributed by atoms with Gasteiger partial charge in [0.1, 0.15) is 41.4 Å². The number of benzene rings is 6. The molecule has 6 aromatic carbocycles. The van der Waals surface area contributed by atoms with Crippen molar-refractivity contribution < 1.29 is 48.1 Å². The van der Waals surface area contributed by atoms with Crippen LogP contribution in [0.15, 0.2) is 122 Å². The van der Waals surface area contributed by atoms with Gasteiger partial charge in [-0.1, -0.05) is 172 Å². The summed E-state index contributed by atoms with van der Waals surface area (Å²) in [5.41, 5.74) is 12.6. The minimum absolute atomic E-state index is 0.0568. The van der Waals surface area contributed by atoms with E-state index in [1.165, 1.54) is 55.7 Å². The molecule has 25 nitrogen and oxygen atoms in total. The number of rotatable bonds is 20. The van der Waals surface area contributed by atoms with Gasteiger partial charge in [0.05, 0.1) is 107 Å². The maximum Gasteiger partial charge on any atom is 0.407 e. The second-order valence-electron chi connectivity index (χ2n) is 31.4. The number of imidazole rings is 4. The van der Waals surface area contributed by atoms with Gasteiger partial charge < -0.3 is 75.6 Å². The average Bonchev–Trinajstić information content (AvgIpc) is 1.59. The van der Waals surface area contributed by atoms with E-state index < -0.39 is 58.5 Å². The predicted octanol–water partition coefficient (Wildman–Crippen LogP) is 15.0. The van der Waals surface area contributed by atoms with Crippen molar-refractivity contribution in [3.63, 3.8) is 0 Å². The lowest BCUT2D eigenvalue weighted by Gasteiger charge is -2.31. The molecule has 0 saturated carbocycles. The normalized spacial score (nSPS) is 19.6. The highest BCUT2D eigenvalue weighted by Crippen LogP contribution is 2.41. The first kappa shape index (κ1) is 78.4. The number of hydrogen-bond acceptors (Lipinski definition) is 15. The van der Waals surface area contributed by atoms with Crippen molar-refractivity contribution in [1.29, 1.82) is 0 Å². The number of fused-ring (bicyclic) bond motifs is 6. The summed E-state index contributed by atoms with van der Waals surface area (Å²) >= 11 is 0. The number of hydrogen-bond donors (Lipinski definition) is 10. The van der Waals surface area contributed by atoms with Gasteiger partial charge in [0.2, 0.25) is 11.8 Å². The Morgan fingerprint density at radius 2 is 0.972 bits per heavy atom. The van der Waals surface area contributed by atoms with Crippen LogP contribution in [0.4, 0.5) is 14.4 Å². The Morgan fingerprint density at radius 3 is 1.46 bits per heavy atom. The van der Waals surface area contributed by atoms with E-state index in [1.807, 2.05) is 56.8 Å². The highest BCUT2D eigenvalue weighted by atomic mass is 28.3. The monoisotopic (exact) mass is 1520 g/mol. The number of carbonyl (C=O) groups excluding carboxylic acids is 5. The molecule has 10 aromatic rings. The predicted molar refractivity (Wildman–Crippen MR) is 431 cm³/mol. The first-order valence-corrected chi connectivity index (χ1v) is 45.1. The van der Waals surface area contributed by atoms with E-state index in [2.05, 4.69) is 192 Å². The van der Waals surface area contributed by atoms with Gasteiger partial charge >= 0.3 is 24.2 Å². The number of methoxy groups -OCH3 is 3. The van der Waals surface area contributed by atoms with Crippen molar-refractivity contribution >= 4 is 95.8 Å². The number of carboxylic acids is 1. The second kappa shape index (κ2) is 33.7. The number of aromatic nitrogens is 8. The summed E-state index contributed by atoms with van der Waals surface area (Å²) in [7, 11) is 0.887. The molecule has 576 valence electrons. The molecule has 4 aliphatic heterocycles. The number of H-pyrrole nitrogens is 4. The standard InChI is InChI=1S/C45H58N8O6Si.C29H32N6Si.C8H15NO4/c1-9-26(3)37(50-44(56)58-5)42(54)52-21-11-12-35(52)40-46-23-34(48-40)29-15-13-28(14-16-29)30-17-19-32-31(22-30)18-20-33-39(32)49-41(47-33)36-24-60(7,8)25-53(36)43(55)38(27(4)10-2)51-45(57)59-6;1-36(2)16-26(32-17-36)29-33-23-12-10-21-14-20(9-11-22(21)27(23)35-29)18-5-7-19(8-6-18)25-15-31-28(34-25)24-4-3-13-30-24;1-4-5(2)6(7(10)11)9-8(12)13-3/h13-20,22-23,26-27,35-38H,9-12,21,24-25H2,1-8H3,(H,46,48)(H,47,49)(H,50,56)(H,51,57);5-12,14-15,24,26,30,32H,3-4,13,16-17H2,1-2H3,(H,31,34)(H,33,35);5-6H,4H2,1-3H3,(H,9,12)(H,10,11)/t26-,27-,35-,36-,37-,38-;24-,26-;5-,6-/m000/s1. The van der Waals surface area contributed by atoms with Crippen LogP contribution < -0.4 is 26.6 Å². The SMILES string of the molecule is CC[C@H](C)[C@H](NC(=O)OC)C(=O)N1CCC[C@H]1c1ncc(-c2ccc(-c3ccc4c(ccc5[nH]c([C@@H]6C[Si](C)(C)CN6C(=O)[C@@H](NC(=O)OC)[C@@H](C)CC)nc54)c3)cc2)[nH]1.CC[C@H](C)[C@H](NC(=O)OC)C(=O)O.C[Si]1(C)CN[C@H](c2nc3c(ccc4cc(-c5ccc(-c6cnc([C@@H]7CCCN7)[nH]6)cc5)ccc43)[nH]2)C1. The molecule has 27 heteroatoms. The topological polar surface area (TPSA) is 332 Å². The number of aliphatic carboxylic acids is 1. The van der Waals surface area contributed by atoms with Crippen molar-refractivity contribution in [3.8, 4) is 44.8 Å². The van der Waals surface area contributed by atoms with Crippen LogP contribution in [0.3, 0.4) is 0 Å². The van der Waals surface area contributed by atoms with E-state index in [0.29, 0.717) is 31.2 Å². The number of likely N-dealkylation sites (tertiary alicyclic amines) is 1. The number of amides is 5. The van der Waals surface area contributed by atoms with Gasteiger partial charge in [-0.3, -0.25) is 9.59 Å². The molecule has 0 bridgehead atoms. The summed E-state index contributed by atoms with van der Waals surface area (Å²) in [4.78, 5) is 111. The molecule has 14 rings (SSSR count). The Morgan fingerprint density at radius 1 is 0.505 bits per heavy atom. The van der Waals surface area contributed by atoms with Crippen molar-refractivity contribution in [2.75, 3.05) is 46.8 Å². The summed E-state index contributed by atoms with van der Waals surface area (Å²) in [5, 5.41) is 28.3. The minimum Gasteiger partial charge on any atom is -0.480 e. The highest BCUT2D eigenvalue weighted by Gasteiger charge is 2.47. The Hall–Kier alpha value is -10.2. The van der Waals surface area contributed by atoms with Crippen LogP contribution in [-0.4, -0.2) is 172 Å². The summed E-state index contributed by atoms with van der Waals surface area (Å²) in [6.07, 6.45) is 9.82. The third-order valence-corrected chi connectivity index (χ3v) is 27.9. The van der Waals surface area contributed by atoms with Crippen LogP contribution in [0.2, 0.25) is 38.3 Å². The van der Waals surface area contributed by atoms with E-state index >= 15 is 0 Å². The maximum atomic E-state index is 14.1. The van der Waals surface area contributed by atoms with Crippen LogP contribution >= 0.6 is 0 Å². The lowest BCUT2D eigenvalue weighted by atomic mass is 9.97. The third kappa shape index (κ3) is 17.6. The number of carbonyl (C=O) groups is 6. The Kier molecular flexibility index (Phi) is 24.2. The van der Waals surface area contributed by atoms with E-state index in [-0.39, 0.29) is 41.7 Å². The van der Waals surface area contributed by atoms with E-state index in [0.717, 1.165) is 141 Å². The molecule has 4 aliphatic rings. The van der Waals surface area contributed by atoms with Crippen molar-refractivity contribution in [3.05, 3.63) is 145 Å². The number of nitrogens with zero attached hydrogens (tertiary/aromatic N) is 6. The molecule has 10 atom stereocenters. The van der Waals surface area contributed by atoms with Gasteiger partial charge in [0.15, 0.2) is 0 Å². The van der Waals surface area contributed by atoms with Crippen molar-refractivity contribution in [2.45, 2.75) is 167 Å². The van der Waals surface area contributed by atoms with Crippen LogP contribution in [0.25, 0.3) is 88.4 Å². The number of carboxylic acid groups (broad SMARTS) is 1. The zero-order chi connectivity index (χ0) is 77.6. The fourth-order valence-corrected chi connectivity index (χ4v) is 20.8. The lowest BCUT2D eigenvalue weighted by Crippen LogP contribution is -2.52. The van der Waals surface area contributed by atoms with Crippen LogP contribution in [0, 0.1) is 17.8 Å². The molecule has 4 saturated heterocycles.